The molecule has 0 fully saturated rings. The number of halogens is 1. The summed E-state index contributed by atoms with van der Waals surface area (Å²) in [5, 5.41) is 4.29. The number of ether oxygens (including phenoxy) is 1. The summed E-state index contributed by atoms with van der Waals surface area (Å²) >= 11 is 6.17. The van der Waals surface area contributed by atoms with E-state index in [1.54, 1.807) is 0 Å². The van der Waals surface area contributed by atoms with Crippen LogP contribution in [0.3, 0.4) is 0 Å². The van der Waals surface area contributed by atoms with Gasteiger partial charge in [0.25, 0.3) is 0 Å². The maximum absolute atomic E-state index is 6.17. The van der Waals surface area contributed by atoms with E-state index in [4.69, 9.17) is 16.3 Å². The first-order valence-electron chi connectivity index (χ1n) is 6.91. The van der Waals surface area contributed by atoms with E-state index in [1.165, 1.54) is 5.56 Å². The number of hydrogen-bond donors (Lipinski definition) is 1. The van der Waals surface area contributed by atoms with Crippen molar-refractivity contribution in [1.82, 2.24) is 5.32 Å². The lowest BCUT2D eigenvalue weighted by Gasteiger charge is -2.18. The third kappa shape index (κ3) is 3.75. The van der Waals surface area contributed by atoms with E-state index in [-0.39, 0.29) is 6.04 Å². The molecule has 0 aliphatic carbocycles. The van der Waals surface area contributed by atoms with Gasteiger partial charge in [0, 0.05) is 23.2 Å². The molecule has 0 amide bonds. The van der Waals surface area contributed by atoms with Gasteiger partial charge in [-0.3, -0.25) is 0 Å². The van der Waals surface area contributed by atoms with Crippen molar-refractivity contribution < 1.29 is 4.74 Å². The molecule has 0 saturated carbocycles. The lowest BCUT2D eigenvalue weighted by atomic mass is 10.1. The Morgan fingerprint density at radius 3 is 2.55 bits per heavy atom. The van der Waals surface area contributed by atoms with Gasteiger partial charge < -0.3 is 10.1 Å². The zero-order chi connectivity index (χ0) is 14.4. The van der Waals surface area contributed by atoms with Crippen LogP contribution in [0.15, 0.2) is 48.5 Å². The summed E-state index contributed by atoms with van der Waals surface area (Å²) in [6, 6.07) is 16.2. The highest BCUT2D eigenvalue weighted by atomic mass is 35.5. The maximum atomic E-state index is 6.17. The lowest BCUT2D eigenvalue weighted by Crippen LogP contribution is -2.19. The Kier molecular flexibility index (Phi) is 5.45. The van der Waals surface area contributed by atoms with Crippen molar-refractivity contribution in [3.63, 3.8) is 0 Å². The zero-order valence-electron chi connectivity index (χ0n) is 11.9. The molecule has 0 saturated heterocycles. The molecule has 2 aromatic rings. The molecule has 0 spiro atoms. The fourth-order valence-electron chi connectivity index (χ4n) is 2.14. The lowest BCUT2D eigenvalue weighted by molar-refractivity contribution is 0.332. The molecule has 0 aliphatic rings. The fourth-order valence-corrected chi connectivity index (χ4v) is 2.34. The molecular weight excluding hydrogens is 270 g/mol. The number of benzene rings is 2. The first kappa shape index (κ1) is 14.9. The SMILES string of the molecule is CCOc1ccccc1C(C)NCc1ccccc1Cl. The predicted octanol–water partition coefficient (Wildman–Crippen LogP) is 4.59. The van der Waals surface area contributed by atoms with Crippen LogP contribution in [0.1, 0.15) is 31.0 Å². The Balaban J connectivity index is 2.05. The smallest absolute Gasteiger partial charge is 0.124 e. The summed E-state index contributed by atoms with van der Waals surface area (Å²) in [5.41, 5.74) is 2.27. The van der Waals surface area contributed by atoms with Crippen molar-refractivity contribution in [3.05, 3.63) is 64.7 Å². The van der Waals surface area contributed by atoms with Crippen LogP contribution >= 0.6 is 11.6 Å². The van der Waals surface area contributed by atoms with Gasteiger partial charge in [-0.15, -0.1) is 0 Å². The van der Waals surface area contributed by atoms with Crippen molar-refractivity contribution in [2.24, 2.45) is 0 Å². The summed E-state index contributed by atoms with van der Waals surface area (Å²) in [4.78, 5) is 0. The van der Waals surface area contributed by atoms with Crippen molar-refractivity contribution in [2.75, 3.05) is 6.61 Å². The Bertz CT molecular complexity index is 556. The largest absolute Gasteiger partial charge is 0.494 e. The average Bonchev–Trinajstić information content (AvgIpc) is 2.47. The molecule has 0 aliphatic heterocycles. The Morgan fingerprint density at radius 2 is 1.80 bits per heavy atom. The van der Waals surface area contributed by atoms with E-state index in [0.717, 1.165) is 22.9 Å². The molecule has 1 unspecified atom stereocenters. The second-order valence-electron chi connectivity index (χ2n) is 4.66. The third-order valence-corrected chi connectivity index (χ3v) is 3.61. The van der Waals surface area contributed by atoms with Gasteiger partial charge in [-0.05, 0) is 31.5 Å². The summed E-state index contributed by atoms with van der Waals surface area (Å²) in [6.45, 7) is 5.54. The average molecular weight is 290 g/mol. The van der Waals surface area contributed by atoms with E-state index < -0.39 is 0 Å². The van der Waals surface area contributed by atoms with E-state index >= 15 is 0 Å². The number of rotatable bonds is 6. The Hall–Kier alpha value is -1.51. The molecule has 0 heterocycles. The van der Waals surface area contributed by atoms with Crippen LogP contribution in [-0.4, -0.2) is 6.61 Å². The van der Waals surface area contributed by atoms with Crippen LogP contribution in [-0.2, 0) is 6.54 Å². The minimum absolute atomic E-state index is 0.203. The van der Waals surface area contributed by atoms with E-state index in [1.807, 2.05) is 49.4 Å². The molecule has 20 heavy (non-hydrogen) atoms. The van der Waals surface area contributed by atoms with E-state index in [2.05, 4.69) is 18.3 Å². The van der Waals surface area contributed by atoms with Gasteiger partial charge in [-0.1, -0.05) is 48.0 Å². The van der Waals surface area contributed by atoms with Crippen molar-refractivity contribution >= 4 is 11.6 Å². The van der Waals surface area contributed by atoms with Crippen molar-refractivity contribution in [1.29, 1.82) is 0 Å². The van der Waals surface area contributed by atoms with Crippen LogP contribution < -0.4 is 10.1 Å². The van der Waals surface area contributed by atoms with Crippen molar-refractivity contribution in [2.45, 2.75) is 26.4 Å². The topological polar surface area (TPSA) is 21.3 Å². The molecule has 0 radical (unpaired) electrons. The minimum atomic E-state index is 0.203. The monoisotopic (exact) mass is 289 g/mol. The van der Waals surface area contributed by atoms with Gasteiger partial charge in [0.2, 0.25) is 0 Å². The normalized spacial score (nSPS) is 12.2. The highest BCUT2D eigenvalue weighted by molar-refractivity contribution is 6.31. The van der Waals surface area contributed by atoms with Gasteiger partial charge in [0.15, 0.2) is 0 Å². The molecule has 2 nitrogen and oxygen atoms in total. The summed E-state index contributed by atoms with van der Waals surface area (Å²) in [6.07, 6.45) is 0. The van der Waals surface area contributed by atoms with Crippen LogP contribution in [0, 0.1) is 0 Å². The third-order valence-electron chi connectivity index (χ3n) is 3.24. The molecule has 0 aromatic heterocycles. The zero-order valence-corrected chi connectivity index (χ0v) is 12.7. The maximum Gasteiger partial charge on any atom is 0.124 e. The van der Waals surface area contributed by atoms with Gasteiger partial charge in [0.05, 0.1) is 6.61 Å². The van der Waals surface area contributed by atoms with Gasteiger partial charge in [0.1, 0.15) is 5.75 Å². The Morgan fingerprint density at radius 1 is 1.10 bits per heavy atom. The number of hydrogen-bond acceptors (Lipinski definition) is 2. The van der Waals surface area contributed by atoms with Gasteiger partial charge >= 0.3 is 0 Å². The quantitative estimate of drug-likeness (QED) is 0.840. The highest BCUT2D eigenvalue weighted by Crippen LogP contribution is 2.25. The van der Waals surface area contributed by atoms with Gasteiger partial charge in [-0.25, -0.2) is 0 Å². The van der Waals surface area contributed by atoms with E-state index in [0.29, 0.717) is 6.61 Å². The molecular formula is C17H20ClNO. The van der Waals surface area contributed by atoms with Crippen LogP contribution in [0.4, 0.5) is 0 Å². The number of nitrogens with one attached hydrogen (secondary N) is 1. The molecule has 106 valence electrons. The first-order valence-corrected chi connectivity index (χ1v) is 7.28. The molecule has 1 N–H and O–H groups in total. The fraction of sp³-hybridized carbons (Fsp3) is 0.294. The molecule has 2 aromatic carbocycles. The van der Waals surface area contributed by atoms with Crippen LogP contribution in [0.2, 0.25) is 5.02 Å². The molecule has 0 bridgehead atoms. The summed E-state index contributed by atoms with van der Waals surface area (Å²) in [7, 11) is 0. The second-order valence-corrected chi connectivity index (χ2v) is 5.07. The highest BCUT2D eigenvalue weighted by Gasteiger charge is 2.11. The standard InChI is InChI=1S/C17H20ClNO/c1-3-20-17-11-7-5-9-15(17)13(2)19-12-14-8-4-6-10-16(14)18/h4-11,13,19H,3,12H2,1-2H3. The van der Waals surface area contributed by atoms with Crippen LogP contribution in [0.5, 0.6) is 5.75 Å². The summed E-state index contributed by atoms with van der Waals surface area (Å²) in [5.74, 6) is 0.939. The first-order chi connectivity index (χ1) is 9.72. The molecule has 2 rings (SSSR count). The van der Waals surface area contributed by atoms with Gasteiger partial charge in [-0.2, -0.15) is 0 Å². The second kappa shape index (κ2) is 7.32. The summed E-state index contributed by atoms with van der Waals surface area (Å²) < 4.78 is 5.67. The molecule has 1 atom stereocenters. The Labute approximate surface area is 125 Å². The minimum Gasteiger partial charge on any atom is -0.494 e. The van der Waals surface area contributed by atoms with E-state index in [9.17, 15) is 0 Å². The molecule has 3 heteroatoms. The van der Waals surface area contributed by atoms with Crippen LogP contribution in [0.25, 0.3) is 0 Å². The number of para-hydroxylation sites is 1. The predicted molar refractivity (Wildman–Crippen MR) is 84.3 cm³/mol. The van der Waals surface area contributed by atoms with Crippen molar-refractivity contribution in [3.8, 4) is 5.75 Å².